The van der Waals surface area contributed by atoms with Gasteiger partial charge in [-0.1, -0.05) is 24.3 Å². The number of anilines is 1. The number of aryl methyl sites for hydroxylation is 2. The van der Waals surface area contributed by atoms with Gasteiger partial charge in [-0.05, 0) is 66.8 Å². The van der Waals surface area contributed by atoms with E-state index in [0.717, 1.165) is 40.8 Å². The highest BCUT2D eigenvalue weighted by molar-refractivity contribution is 5.95. The van der Waals surface area contributed by atoms with Crippen LogP contribution in [0.5, 0.6) is 5.75 Å². The van der Waals surface area contributed by atoms with Gasteiger partial charge in [0.15, 0.2) is 0 Å². The third kappa shape index (κ3) is 6.12. The second kappa shape index (κ2) is 11.1. The molecule has 0 spiro atoms. The van der Waals surface area contributed by atoms with Crippen molar-refractivity contribution in [3.8, 4) is 22.9 Å². The predicted molar refractivity (Wildman–Crippen MR) is 135 cm³/mol. The lowest BCUT2D eigenvalue weighted by molar-refractivity contribution is -0.117. The van der Waals surface area contributed by atoms with Crippen LogP contribution in [0.3, 0.4) is 0 Å². The SMILES string of the molecule is COc1ccc(C(CCCc2ccc(C#N)cc2)C(=O)Nc2ccc(-c3cnn(C)c3)cn2)cc1. The first-order valence-corrected chi connectivity index (χ1v) is 11.4. The molecule has 0 saturated carbocycles. The van der Waals surface area contributed by atoms with Crippen molar-refractivity contribution in [2.75, 3.05) is 12.4 Å². The van der Waals surface area contributed by atoms with Crippen molar-refractivity contribution in [2.45, 2.75) is 25.2 Å². The second-order valence-electron chi connectivity index (χ2n) is 8.35. The molecule has 0 radical (unpaired) electrons. The summed E-state index contributed by atoms with van der Waals surface area (Å²) >= 11 is 0. The van der Waals surface area contributed by atoms with Crippen LogP contribution in [-0.4, -0.2) is 27.8 Å². The summed E-state index contributed by atoms with van der Waals surface area (Å²) in [6.07, 6.45) is 7.75. The molecule has 0 saturated heterocycles. The zero-order valence-corrected chi connectivity index (χ0v) is 19.8. The van der Waals surface area contributed by atoms with Gasteiger partial charge >= 0.3 is 0 Å². The molecule has 4 rings (SSSR count). The second-order valence-corrected chi connectivity index (χ2v) is 8.35. The van der Waals surface area contributed by atoms with E-state index in [-0.39, 0.29) is 11.8 Å². The number of nitriles is 1. The summed E-state index contributed by atoms with van der Waals surface area (Å²) in [7, 11) is 3.49. The number of rotatable bonds is 9. The molecule has 176 valence electrons. The summed E-state index contributed by atoms with van der Waals surface area (Å²) < 4.78 is 7.01. The van der Waals surface area contributed by atoms with Gasteiger partial charge in [0, 0.05) is 30.6 Å². The lowest BCUT2D eigenvalue weighted by Gasteiger charge is -2.18. The fourth-order valence-electron chi connectivity index (χ4n) is 3.96. The van der Waals surface area contributed by atoms with Gasteiger partial charge in [0.1, 0.15) is 11.6 Å². The molecule has 7 heteroatoms. The number of carbonyl (C=O) groups excluding carboxylic acids is 1. The van der Waals surface area contributed by atoms with E-state index in [1.54, 1.807) is 24.2 Å². The fraction of sp³-hybridized carbons (Fsp3) is 0.214. The fourth-order valence-corrected chi connectivity index (χ4v) is 3.96. The predicted octanol–water partition coefficient (Wildman–Crippen LogP) is 5.11. The van der Waals surface area contributed by atoms with Crippen LogP contribution in [0, 0.1) is 11.3 Å². The Morgan fingerprint density at radius 2 is 1.83 bits per heavy atom. The molecule has 2 heterocycles. The van der Waals surface area contributed by atoms with E-state index in [1.807, 2.05) is 73.9 Å². The van der Waals surface area contributed by atoms with Gasteiger partial charge in [0.05, 0.1) is 30.9 Å². The number of nitrogens with one attached hydrogen (secondary N) is 1. The van der Waals surface area contributed by atoms with Crippen molar-refractivity contribution in [3.63, 3.8) is 0 Å². The number of hydrogen-bond acceptors (Lipinski definition) is 5. The van der Waals surface area contributed by atoms with E-state index in [4.69, 9.17) is 10.00 Å². The van der Waals surface area contributed by atoms with Gasteiger partial charge in [-0.3, -0.25) is 9.48 Å². The molecular weight excluding hydrogens is 438 g/mol. The maximum absolute atomic E-state index is 13.3. The maximum Gasteiger partial charge on any atom is 0.233 e. The Bertz CT molecular complexity index is 1300. The summed E-state index contributed by atoms with van der Waals surface area (Å²) in [5.41, 5.74) is 4.62. The molecule has 0 aliphatic carbocycles. The topological polar surface area (TPSA) is 92.8 Å². The number of amides is 1. The smallest absolute Gasteiger partial charge is 0.233 e. The summed E-state index contributed by atoms with van der Waals surface area (Å²) in [6, 6.07) is 21.1. The van der Waals surface area contributed by atoms with Crippen LogP contribution in [0.2, 0.25) is 0 Å². The number of ether oxygens (including phenoxy) is 1. The molecule has 0 aliphatic heterocycles. The summed E-state index contributed by atoms with van der Waals surface area (Å²) in [6.45, 7) is 0. The minimum Gasteiger partial charge on any atom is -0.497 e. The molecule has 7 nitrogen and oxygen atoms in total. The molecule has 0 aliphatic rings. The van der Waals surface area contributed by atoms with Crippen molar-refractivity contribution in [3.05, 3.63) is 95.9 Å². The molecule has 2 aromatic carbocycles. The zero-order chi connectivity index (χ0) is 24.6. The molecule has 1 N–H and O–H groups in total. The average molecular weight is 466 g/mol. The monoisotopic (exact) mass is 465 g/mol. The van der Waals surface area contributed by atoms with Crippen molar-refractivity contribution in [1.82, 2.24) is 14.8 Å². The normalized spacial score (nSPS) is 11.5. The molecule has 0 fully saturated rings. The highest BCUT2D eigenvalue weighted by Gasteiger charge is 2.21. The highest BCUT2D eigenvalue weighted by atomic mass is 16.5. The van der Waals surface area contributed by atoms with Gasteiger partial charge in [0.2, 0.25) is 5.91 Å². The third-order valence-electron chi connectivity index (χ3n) is 5.93. The molecular formula is C28H27N5O2. The van der Waals surface area contributed by atoms with Crippen LogP contribution >= 0.6 is 0 Å². The van der Waals surface area contributed by atoms with E-state index in [0.29, 0.717) is 17.8 Å². The number of methoxy groups -OCH3 is 1. The van der Waals surface area contributed by atoms with Gasteiger partial charge < -0.3 is 10.1 Å². The first-order valence-electron chi connectivity index (χ1n) is 11.4. The maximum atomic E-state index is 13.3. The lowest BCUT2D eigenvalue weighted by atomic mass is 9.91. The van der Waals surface area contributed by atoms with Crippen molar-refractivity contribution < 1.29 is 9.53 Å². The van der Waals surface area contributed by atoms with E-state index < -0.39 is 0 Å². The molecule has 1 unspecified atom stereocenters. The number of pyridine rings is 1. The standard InChI is InChI=1S/C28H27N5O2/c1-33-19-24(18-31-33)23-12-15-27(30-17-23)32-28(34)26(22-10-13-25(35-2)14-11-22)5-3-4-20-6-8-21(16-29)9-7-20/h6-15,17-19,26H,3-5H2,1-2H3,(H,30,32,34). The van der Waals surface area contributed by atoms with Crippen LogP contribution < -0.4 is 10.1 Å². The Hall–Kier alpha value is -4.44. The zero-order valence-electron chi connectivity index (χ0n) is 19.8. The van der Waals surface area contributed by atoms with Crippen molar-refractivity contribution >= 4 is 11.7 Å². The van der Waals surface area contributed by atoms with Crippen LogP contribution in [0.1, 0.15) is 35.4 Å². The number of benzene rings is 2. The van der Waals surface area contributed by atoms with Gasteiger partial charge in [-0.15, -0.1) is 0 Å². The van der Waals surface area contributed by atoms with Crippen LogP contribution in [0.15, 0.2) is 79.3 Å². The van der Waals surface area contributed by atoms with E-state index in [9.17, 15) is 4.79 Å². The highest BCUT2D eigenvalue weighted by Crippen LogP contribution is 2.27. The first-order chi connectivity index (χ1) is 17.1. The third-order valence-corrected chi connectivity index (χ3v) is 5.93. The van der Waals surface area contributed by atoms with Crippen LogP contribution in [0.25, 0.3) is 11.1 Å². The minimum atomic E-state index is -0.334. The van der Waals surface area contributed by atoms with Crippen LogP contribution in [-0.2, 0) is 18.3 Å². The quantitative estimate of drug-likeness (QED) is 0.371. The Balaban J connectivity index is 1.46. The van der Waals surface area contributed by atoms with Gasteiger partial charge in [0.25, 0.3) is 0 Å². The molecule has 35 heavy (non-hydrogen) atoms. The Morgan fingerprint density at radius 3 is 2.43 bits per heavy atom. The molecule has 2 aromatic heterocycles. The molecule has 1 atom stereocenters. The largest absolute Gasteiger partial charge is 0.497 e. The molecule has 0 bridgehead atoms. The number of aromatic nitrogens is 3. The lowest BCUT2D eigenvalue weighted by Crippen LogP contribution is -2.22. The first kappa shape index (κ1) is 23.7. The number of nitrogens with zero attached hydrogens (tertiary/aromatic N) is 4. The van der Waals surface area contributed by atoms with Crippen molar-refractivity contribution in [1.29, 1.82) is 5.26 Å². The Morgan fingerprint density at radius 1 is 1.06 bits per heavy atom. The van der Waals surface area contributed by atoms with Crippen molar-refractivity contribution in [2.24, 2.45) is 7.05 Å². The minimum absolute atomic E-state index is 0.100. The molecule has 4 aromatic rings. The van der Waals surface area contributed by atoms with Gasteiger partial charge in [-0.25, -0.2) is 4.98 Å². The Kier molecular flexibility index (Phi) is 7.53. The van der Waals surface area contributed by atoms with Gasteiger partial charge in [-0.2, -0.15) is 10.4 Å². The summed E-state index contributed by atoms with van der Waals surface area (Å²) in [5, 5.41) is 16.2. The Labute approximate surface area is 205 Å². The van der Waals surface area contributed by atoms with E-state index in [1.165, 1.54) is 0 Å². The summed E-state index contributed by atoms with van der Waals surface area (Å²) in [5.74, 6) is 0.821. The molecule has 1 amide bonds. The van der Waals surface area contributed by atoms with E-state index >= 15 is 0 Å². The number of carbonyl (C=O) groups is 1. The summed E-state index contributed by atoms with van der Waals surface area (Å²) in [4.78, 5) is 17.8. The van der Waals surface area contributed by atoms with Crippen LogP contribution in [0.4, 0.5) is 5.82 Å². The number of hydrogen-bond donors (Lipinski definition) is 1. The average Bonchev–Trinajstić information content (AvgIpc) is 3.33. The van der Waals surface area contributed by atoms with E-state index in [2.05, 4.69) is 21.5 Å².